The molecule has 4 aromatic rings. The lowest BCUT2D eigenvalue weighted by molar-refractivity contribution is -0.112. The zero-order valence-corrected chi connectivity index (χ0v) is 21.0. The summed E-state index contributed by atoms with van der Waals surface area (Å²) in [5, 5.41) is 20.1. The Morgan fingerprint density at radius 3 is 2.69 bits per heavy atom. The summed E-state index contributed by atoms with van der Waals surface area (Å²) in [6.45, 7) is 0.916. The highest BCUT2D eigenvalue weighted by atomic mass is 32.2. The summed E-state index contributed by atoms with van der Waals surface area (Å²) in [6.07, 6.45) is 4.32. The molecule has 2 aromatic carbocycles. The number of methoxy groups -OCH3 is 1. The van der Waals surface area contributed by atoms with Crippen molar-refractivity contribution in [2.45, 2.75) is 10.9 Å². The average molecular weight is 524 g/mol. The number of carbonyl (C=O) groups is 1. The van der Waals surface area contributed by atoms with Gasteiger partial charge >= 0.3 is 0 Å². The number of nitrogens with zero attached hydrogens (tertiary/aromatic N) is 4. The first-order chi connectivity index (χ1) is 17.3. The van der Waals surface area contributed by atoms with Gasteiger partial charge < -0.3 is 14.0 Å². The molecular formula is C24H21N5O5S2. The number of para-hydroxylation sites is 1. The van der Waals surface area contributed by atoms with Crippen LogP contribution in [0, 0.1) is 11.3 Å². The van der Waals surface area contributed by atoms with Gasteiger partial charge in [0.05, 0.1) is 13.7 Å². The maximum atomic E-state index is 12.7. The Morgan fingerprint density at radius 1 is 1.19 bits per heavy atom. The van der Waals surface area contributed by atoms with Crippen LogP contribution in [0.15, 0.2) is 64.6 Å². The molecule has 12 heteroatoms. The third kappa shape index (κ3) is 5.70. The lowest BCUT2D eigenvalue weighted by Crippen LogP contribution is -2.13. The minimum atomic E-state index is -3.55. The fourth-order valence-corrected chi connectivity index (χ4v) is 4.91. The first-order valence-corrected chi connectivity index (χ1v) is 13.3. The van der Waals surface area contributed by atoms with Crippen LogP contribution in [-0.4, -0.2) is 49.1 Å². The molecule has 0 saturated carbocycles. The highest BCUT2D eigenvalue weighted by molar-refractivity contribution is 7.92. The first-order valence-electron chi connectivity index (χ1n) is 10.6. The molecule has 0 aliphatic rings. The maximum absolute atomic E-state index is 12.7. The molecule has 0 bridgehead atoms. The molecule has 0 aliphatic carbocycles. The summed E-state index contributed by atoms with van der Waals surface area (Å²) < 4.78 is 36.0. The molecule has 184 valence electrons. The van der Waals surface area contributed by atoms with Crippen molar-refractivity contribution in [1.29, 1.82) is 5.26 Å². The van der Waals surface area contributed by atoms with Crippen LogP contribution in [0.5, 0.6) is 11.5 Å². The van der Waals surface area contributed by atoms with E-state index in [1.165, 1.54) is 6.08 Å². The molecule has 0 radical (unpaired) electrons. The molecular weight excluding hydrogens is 502 g/mol. The minimum absolute atomic E-state index is 0.0151. The van der Waals surface area contributed by atoms with Crippen LogP contribution in [0.1, 0.15) is 5.56 Å². The number of fused-ring (bicyclic) bond motifs is 1. The Hall–Kier alpha value is -4.21. The lowest BCUT2D eigenvalue weighted by atomic mass is 10.1. The molecule has 0 spiro atoms. The van der Waals surface area contributed by atoms with Gasteiger partial charge in [0, 0.05) is 35.0 Å². The van der Waals surface area contributed by atoms with Gasteiger partial charge in [-0.05, 0) is 24.3 Å². The molecule has 0 saturated heterocycles. The van der Waals surface area contributed by atoms with E-state index in [9.17, 15) is 18.5 Å². The summed E-state index contributed by atoms with van der Waals surface area (Å²) in [4.78, 5) is 12.7. The number of hydrogen-bond acceptors (Lipinski definition) is 9. The van der Waals surface area contributed by atoms with Crippen molar-refractivity contribution in [3.63, 3.8) is 0 Å². The predicted octanol–water partition coefficient (Wildman–Crippen LogP) is 3.53. The fourth-order valence-electron chi connectivity index (χ4n) is 3.41. The zero-order valence-electron chi connectivity index (χ0n) is 19.3. The van der Waals surface area contributed by atoms with E-state index in [0.29, 0.717) is 41.6 Å². The lowest BCUT2D eigenvalue weighted by Gasteiger charge is -2.09. The third-order valence-corrected chi connectivity index (χ3v) is 7.58. The van der Waals surface area contributed by atoms with E-state index in [4.69, 9.17) is 9.47 Å². The van der Waals surface area contributed by atoms with Crippen LogP contribution in [0.25, 0.3) is 17.0 Å². The Bertz CT molecular complexity index is 1600. The van der Waals surface area contributed by atoms with Gasteiger partial charge in [0.2, 0.25) is 19.3 Å². The Labute approximate surface area is 211 Å². The average Bonchev–Trinajstić information content (AvgIpc) is 3.48. The van der Waals surface area contributed by atoms with Crippen molar-refractivity contribution >= 4 is 49.2 Å². The second-order valence-electron chi connectivity index (χ2n) is 7.59. The molecule has 0 aliphatic heterocycles. The van der Waals surface area contributed by atoms with Gasteiger partial charge in [-0.25, -0.2) is 8.42 Å². The molecule has 10 nitrogen and oxygen atoms in total. The minimum Gasteiger partial charge on any atom is -0.497 e. The summed E-state index contributed by atoms with van der Waals surface area (Å²) in [6, 6.07) is 16.9. The second kappa shape index (κ2) is 10.6. The largest absolute Gasteiger partial charge is 0.497 e. The van der Waals surface area contributed by atoms with Crippen LogP contribution >= 0.6 is 11.3 Å². The molecule has 2 aromatic heterocycles. The van der Waals surface area contributed by atoms with E-state index in [0.717, 1.165) is 17.2 Å². The number of sulfone groups is 1. The van der Waals surface area contributed by atoms with Gasteiger partial charge in [-0.2, -0.15) is 5.26 Å². The molecule has 4 rings (SSSR count). The number of hydrogen-bond donors (Lipinski definition) is 1. The first kappa shape index (κ1) is 24.9. The standard InChI is InChI=1S/C24H21N5O5S2/c1-33-18-6-5-7-19(13-18)34-11-10-29-15-17(20-8-3-4-9-21(20)29)12-16(14-25)22(30)26-23-27-28-24(35-23)36(2,31)32/h3-9,12-13,15H,10-11H2,1-2H3,(H,26,27,30). The zero-order chi connectivity index (χ0) is 25.7. The van der Waals surface area contributed by atoms with Crippen molar-refractivity contribution in [2.75, 3.05) is 25.3 Å². The summed E-state index contributed by atoms with van der Waals surface area (Å²) in [5.74, 6) is 0.673. The summed E-state index contributed by atoms with van der Waals surface area (Å²) >= 11 is 0.714. The number of nitriles is 1. The second-order valence-corrected chi connectivity index (χ2v) is 10.8. The normalized spacial score (nSPS) is 11.8. The van der Waals surface area contributed by atoms with Crippen LogP contribution in [0.4, 0.5) is 5.13 Å². The number of aromatic nitrogens is 3. The number of anilines is 1. The molecule has 36 heavy (non-hydrogen) atoms. The molecule has 1 amide bonds. The molecule has 2 heterocycles. The van der Waals surface area contributed by atoms with E-state index >= 15 is 0 Å². The quantitative estimate of drug-likeness (QED) is 0.200. The van der Waals surface area contributed by atoms with Crippen LogP contribution in [0.2, 0.25) is 0 Å². The third-order valence-electron chi connectivity index (χ3n) is 5.07. The van der Waals surface area contributed by atoms with Gasteiger partial charge in [0.15, 0.2) is 0 Å². The number of amides is 1. The van der Waals surface area contributed by atoms with Gasteiger partial charge in [-0.15, -0.1) is 10.2 Å². The van der Waals surface area contributed by atoms with Crippen molar-refractivity contribution in [2.24, 2.45) is 0 Å². The topological polar surface area (TPSA) is 136 Å². The van der Waals surface area contributed by atoms with Gasteiger partial charge in [-0.1, -0.05) is 35.6 Å². The van der Waals surface area contributed by atoms with E-state index in [1.807, 2.05) is 59.3 Å². The SMILES string of the molecule is COc1cccc(OCCn2cc(C=C(C#N)C(=O)Nc3nnc(S(C)(=O)=O)s3)c3ccccc32)c1. The molecule has 0 fully saturated rings. The number of carbonyl (C=O) groups excluding carboxylic acids is 1. The van der Waals surface area contributed by atoms with E-state index in [2.05, 4.69) is 15.5 Å². The Morgan fingerprint density at radius 2 is 1.97 bits per heavy atom. The van der Waals surface area contributed by atoms with Gasteiger partial charge in [0.25, 0.3) is 5.91 Å². The number of nitrogens with one attached hydrogen (secondary N) is 1. The molecule has 0 atom stereocenters. The fraction of sp³-hybridized carbons (Fsp3) is 0.167. The van der Waals surface area contributed by atoms with Crippen molar-refractivity contribution in [3.05, 3.63) is 65.9 Å². The maximum Gasteiger partial charge on any atom is 0.268 e. The summed E-state index contributed by atoms with van der Waals surface area (Å²) in [7, 11) is -1.95. The van der Waals surface area contributed by atoms with Crippen molar-refractivity contribution < 1.29 is 22.7 Å². The van der Waals surface area contributed by atoms with E-state index in [-0.39, 0.29) is 15.0 Å². The van der Waals surface area contributed by atoms with Crippen molar-refractivity contribution in [1.82, 2.24) is 14.8 Å². The number of rotatable bonds is 9. The Kier molecular flexibility index (Phi) is 7.33. The van der Waals surface area contributed by atoms with Crippen LogP contribution in [0.3, 0.4) is 0 Å². The number of ether oxygens (including phenoxy) is 2. The van der Waals surface area contributed by atoms with Crippen LogP contribution in [-0.2, 0) is 21.2 Å². The van der Waals surface area contributed by atoms with E-state index in [1.54, 1.807) is 13.2 Å². The van der Waals surface area contributed by atoms with Crippen LogP contribution < -0.4 is 14.8 Å². The smallest absolute Gasteiger partial charge is 0.268 e. The monoisotopic (exact) mass is 523 g/mol. The molecule has 0 unspecified atom stereocenters. The van der Waals surface area contributed by atoms with Gasteiger partial charge in [-0.3, -0.25) is 10.1 Å². The highest BCUT2D eigenvalue weighted by Gasteiger charge is 2.18. The highest BCUT2D eigenvalue weighted by Crippen LogP contribution is 2.25. The Balaban J connectivity index is 1.54. The number of benzene rings is 2. The van der Waals surface area contributed by atoms with Crippen molar-refractivity contribution in [3.8, 4) is 17.6 Å². The summed E-state index contributed by atoms with van der Waals surface area (Å²) in [5.41, 5.74) is 1.42. The van der Waals surface area contributed by atoms with E-state index < -0.39 is 15.7 Å². The molecule has 1 N–H and O–H groups in total. The van der Waals surface area contributed by atoms with Gasteiger partial charge in [0.1, 0.15) is 29.7 Å². The predicted molar refractivity (Wildman–Crippen MR) is 136 cm³/mol.